The molecule has 0 atom stereocenters. The van der Waals surface area contributed by atoms with E-state index < -0.39 is 10.0 Å². The Morgan fingerprint density at radius 2 is 1.83 bits per heavy atom. The van der Waals surface area contributed by atoms with Crippen molar-refractivity contribution >= 4 is 21.6 Å². The highest BCUT2D eigenvalue weighted by atomic mass is 32.2. The van der Waals surface area contributed by atoms with Gasteiger partial charge in [0.05, 0.1) is 17.9 Å². The summed E-state index contributed by atoms with van der Waals surface area (Å²) in [5.41, 5.74) is 4.02. The van der Waals surface area contributed by atoms with Crippen molar-refractivity contribution in [3.8, 4) is 0 Å². The summed E-state index contributed by atoms with van der Waals surface area (Å²) in [7, 11) is -3.57. The number of amides is 1. The third-order valence-corrected chi connectivity index (χ3v) is 8.01. The molecule has 0 radical (unpaired) electrons. The van der Waals surface area contributed by atoms with Crippen molar-refractivity contribution in [2.24, 2.45) is 5.92 Å². The van der Waals surface area contributed by atoms with Gasteiger partial charge in [-0.05, 0) is 58.1 Å². The van der Waals surface area contributed by atoms with Gasteiger partial charge in [-0.25, -0.2) is 8.42 Å². The average molecular weight is 433 g/mol. The van der Waals surface area contributed by atoms with E-state index in [-0.39, 0.29) is 17.2 Å². The number of nitrogens with zero attached hydrogens (tertiary/aromatic N) is 3. The fourth-order valence-corrected chi connectivity index (χ4v) is 5.84. The first-order chi connectivity index (χ1) is 14.1. The lowest BCUT2D eigenvalue weighted by Crippen LogP contribution is -2.38. The van der Waals surface area contributed by atoms with Crippen LogP contribution in [0.2, 0.25) is 0 Å². The monoisotopic (exact) mass is 432 g/mol. The maximum Gasteiger partial charge on any atom is 0.246 e. The summed E-state index contributed by atoms with van der Waals surface area (Å²) >= 11 is 0. The summed E-state index contributed by atoms with van der Waals surface area (Å²) in [6.07, 6.45) is 1.98. The number of aryl methyl sites for hydroxylation is 4. The summed E-state index contributed by atoms with van der Waals surface area (Å²) in [5, 5.41) is 7.35. The molecule has 1 aromatic carbocycles. The average Bonchev–Trinajstić information content (AvgIpc) is 2.96. The van der Waals surface area contributed by atoms with E-state index in [2.05, 4.69) is 17.3 Å². The van der Waals surface area contributed by atoms with Crippen LogP contribution in [0.25, 0.3) is 0 Å². The Balaban J connectivity index is 1.70. The van der Waals surface area contributed by atoms with E-state index in [9.17, 15) is 13.2 Å². The Morgan fingerprint density at radius 3 is 2.47 bits per heavy atom. The lowest BCUT2D eigenvalue weighted by Gasteiger charge is -2.29. The first-order valence-corrected chi connectivity index (χ1v) is 11.9. The number of carbonyl (C=O) groups excluding carboxylic acids is 1. The molecule has 0 aliphatic carbocycles. The van der Waals surface area contributed by atoms with Crippen molar-refractivity contribution in [2.75, 3.05) is 18.4 Å². The van der Waals surface area contributed by atoms with Crippen LogP contribution in [0, 0.1) is 33.6 Å². The lowest BCUT2D eigenvalue weighted by atomic mass is 10.0. The zero-order valence-electron chi connectivity index (χ0n) is 18.5. The largest absolute Gasteiger partial charge is 0.326 e. The van der Waals surface area contributed by atoms with Gasteiger partial charge in [-0.15, -0.1) is 0 Å². The molecule has 1 aliphatic heterocycles. The van der Waals surface area contributed by atoms with Crippen molar-refractivity contribution in [1.82, 2.24) is 14.1 Å². The number of sulfonamides is 1. The Bertz CT molecular complexity index is 1030. The minimum absolute atomic E-state index is 0.121. The number of hydrogen-bond donors (Lipinski definition) is 1. The number of anilines is 1. The first-order valence-electron chi connectivity index (χ1n) is 10.5. The highest BCUT2D eigenvalue weighted by Gasteiger charge is 2.33. The molecule has 1 amide bonds. The van der Waals surface area contributed by atoms with E-state index in [1.54, 1.807) is 22.8 Å². The Hall–Kier alpha value is -2.19. The quantitative estimate of drug-likeness (QED) is 0.756. The minimum atomic E-state index is -3.57. The molecule has 1 aromatic heterocycles. The third-order valence-electron chi connectivity index (χ3n) is 5.86. The third kappa shape index (κ3) is 4.75. The molecule has 0 unspecified atom stereocenters. The topological polar surface area (TPSA) is 84.3 Å². The molecule has 7 nitrogen and oxygen atoms in total. The van der Waals surface area contributed by atoms with Gasteiger partial charge in [0, 0.05) is 25.2 Å². The summed E-state index contributed by atoms with van der Waals surface area (Å²) in [5.74, 6) is 0.431. The molecule has 30 heavy (non-hydrogen) atoms. The van der Waals surface area contributed by atoms with Gasteiger partial charge in [0.1, 0.15) is 4.90 Å². The number of rotatable bonds is 6. The molecule has 8 heteroatoms. The number of piperidine rings is 1. The minimum Gasteiger partial charge on any atom is -0.326 e. The second-order valence-corrected chi connectivity index (χ2v) is 10.3. The van der Waals surface area contributed by atoms with Crippen LogP contribution < -0.4 is 5.32 Å². The van der Waals surface area contributed by atoms with Crippen LogP contribution in [-0.2, 0) is 21.4 Å². The number of hydrogen-bond acceptors (Lipinski definition) is 4. The van der Waals surface area contributed by atoms with Gasteiger partial charge in [0.25, 0.3) is 0 Å². The second-order valence-electron chi connectivity index (χ2n) is 8.43. The van der Waals surface area contributed by atoms with Crippen LogP contribution >= 0.6 is 0 Å². The summed E-state index contributed by atoms with van der Waals surface area (Å²) in [6.45, 7) is 11.0. The van der Waals surface area contributed by atoms with Gasteiger partial charge in [0.2, 0.25) is 15.9 Å². The molecule has 0 spiro atoms. The Labute approximate surface area is 179 Å². The van der Waals surface area contributed by atoms with E-state index in [1.165, 1.54) is 0 Å². The number of aromatic nitrogens is 2. The molecule has 2 heterocycles. The molecule has 1 fully saturated rings. The predicted molar refractivity (Wildman–Crippen MR) is 118 cm³/mol. The number of benzene rings is 1. The predicted octanol–water partition coefficient (Wildman–Crippen LogP) is 3.57. The van der Waals surface area contributed by atoms with Gasteiger partial charge >= 0.3 is 0 Å². The van der Waals surface area contributed by atoms with Crippen LogP contribution in [0.15, 0.2) is 23.1 Å². The van der Waals surface area contributed by atoms with Crippen LogP contribution in [0.4, 0.5) is 5.69 Å². The highest BCUT2D eigenvalue weighted by molar-refractivity contribution is 7.89. The zero-order valence-corrected chi connectivity index (χ0v) is 19.3. The highest BCUT2D eigenvalue weighted by Crippen LogP contribution is 2.27. The van der Waals surface area contributed by atoms with Gasteiger partial charge in [-0.1, -0.05) is 24.6 Å². The van der Waals surface area contributed by atoms with Crippen LogP contribution in [0.1, 0.15) is 48.7 Å². The Kier molecular flexibility index (Phi) is 6.67. The van der Waals surface area contributed by atoms with Crippen molar-refractivity contribution < 1.29 is 13.2 Å². The Morgan fingerprint density at radius 1 is 1.17 bits per heavy atom. The molecule has 1 N–H and O–H groups in total. The summed E-state index contributed by atoms with van der Waals surface area (Å²) in [6, 6.07) is 5.88. The van der Waals surface area contributed by atoms with Gasteiger partial charge < -0.3 is 5.32 Å². The van der Waals surface area contributed by atoms with Crippen LogP contribution in [-0.4, -0.2) is 41.5 Å². The molecule has 1 saturated heterocycles. The second kappa shape index (κ2) is 8.89. The fraction of sp³-hybridized carbons (Fsp3) is 0.545. The maximum absolute atomic E-state index is 13.2. The van der Waals surface area contributed by atoms with E-state index in [1.807, 2.05) is 32.0 Å². The maximum atomic E-state index is 13.2. The van der Waals surface area contributed by atoms with E-state index >= 15 is 0 Å². The molecule has 1 aliphatic rings. The zero-order chi connectivity index (χ0) is 22.1. The molecule has 2 aromatic rings. The summed E-state index contributed by atoms with van der Waals surface area (Å²) in [4.78, 5) is 12.7. The van der Waals surface area contributed by atoms with E-state index in [0.29, 0.717) is 36.9 Å². The molecule has 3 rings (SSSR count). The summed E-state index contributed by atoms with van der Waals surface area (Å²) < 4.78 is 29.6. The van der Waals surface area contributed by atoms with Crippen molar-refractivity contribution in [3.05, 3.63) is 40.7 Å². The fourth-order valence-electron chi connectivity index (χ4n) is 4.00. The van der Waals surface area contributed by atoms with Crippen molar-refractivity contribution in [2.45, 2.75) is 65.3 Å². The smallest absolute Gasteiger partial charge is 0.246 e. The van der Waals surface area contributed by atoms with Crippen molar-refractivity contribution in [1.29, 1.82) is 0 Å². The normalized spacial score (nSPS) is 16.0. The first kappa shape index (κ1) is 22.5. The molecular weight excluding hydrogens is 400 g/mol. The standard InChI is InChI=1S/C22H32N4O3S/c1-15-8-11-25(12-9-15)30(28,29)22-18(4)24-26(19(22)5)13-10-21(27)23-20-7-6-16(2)14-17(20)3/h6-7,14-15H,8-13H2,1-5H3,(H,23,27). The van der Waals surface area contributed by atoms with E-state index in [0.717, 1.165) is 29.7 Å². The molecule has 0 bridgehead atoms. The van der Waals surface area contributed by atoms with Crippen LogP contribution in [0.3, 0.4) is 0 Å². The van der Waals surface area contributed by atoms with Crippen molar-refractivity contribution in [3.63, 3.8) is 0 Å². The SMILES string of the molecule is Cc1ccc(NC(=O)CCn2nc(C)c(S(=O)(=O)N3CCC(C)CC3)c2C)c(C)c1. The number of nitrogens with one attached hydrogen (secondary N) is 1. The van der Waals surface area contributed by atoms with Crippen LogP contribution in [0.5, 0.6) is 0 Å². The molecule has 0 saturated carbocycles. The van der Waals surface area contributed by atoms with Gasteiger partial charge in [0.15, 0.2) is 0 Å². The van der Waals surface area contributed by atoms with Gasteiger partial charge in [-0.2, -0.15) is 9.40 Å². The van der Waals surface area contributed by atoms with Gasteiger partial charge in [-0.3, -0.25) is 9.48 Å². The van der Waals surface area contributed by atoms with E-state index in [4.69, 9.17) is 0 Å². The molecule has 164 valence electrons. The molecular formula is C22H32N4O3S. The number of carbonyl (C=O) groups is 1. The lowest BCUT2D eigenvalue weighted by molar-refractivity contribution is -0.116.